The average Bonchev–Trinajstić information content (AvgIpc) is 2.64. The van der Waals surface area contributed by atoms with Crippen LogP contribution in [0.15, 0.2) is 16.7 Å². The fourth-order valence-electron chi connectivity index (χ4n) is 1.54. The van der Waals surface area contributed by atoms with Crippen LogP contribution in [0.4, 0.5) is 0 Å². The van der Waals surface area contributed by atoms with Crippen LogP contribution in [0, 0.1) is 5.92 Å². The number of hydrogen-bond acceptors (Lipinski definition) is 4. The molecule has 0 saturated heterocycles. The zero-order chi connectivity index (χ0) is 13.0. The van der Waals surface area contributed by atoms with Gasteiger partial charge >= 0.3 is 5.97 Å². The Bertz CT molecular complexity index is 411. The van der Waals surface area contributed by atoms with E-state index in [-0.39, 0.29) is 23.8 Å². The molecule has 1 heterocycles. The molecule has 0 aliphatic carbocycles. The van der Waals surface area contributed by atoms with Gasteiger partial charge in [-0.2, -0.15) is 0 Å². The van der Waals surface area contributed by atoms with E-state index in [1.807, 2.05) is 13.8 Å². The van der Waals surface area contributed by atoms with E-state index in [4.69, 9.17) is 15.3 Å². The van der Waals surface area contributed by atoms with E-state index < -0.39 is 17.9 Å². The summed E-state index contributed by atoms with van der Waals surface area (Å²) in [6, 6.07) is 0.857. The third-order valence-corrected chi connectivity index (χ3v) is 2.43. The summed E-state index contributed by atoms with van der Waals surface area (Å²) in [6.45, 7) is 3.85. The van der Waals surface area contributed by atoms with Crippen LogP contribution in [0.1, 0.15) is 30.0 Å². The lowest BCUT2D eigenvalue weighted by Crippen LogP contribution is -2.44. The molecular formula is C11H16N2O4. The van der Waals surface area contributed by atoms with Crippen molar-refractivity contribution in [2.75, 3.05) is 0 Å². The van der Waals surface area contributed by atoms with Gasteiger partial charge in [-0.25, -0.2) is 4.79 Å². The van der Waals surface area contributed by atoms with E-state index in [0.717, 1.165) is 0 Å². The van der Waals surface area contributed by atoms with E-state index >= 15 is 0 Å². The molecule has 6 nitrogen and oxygen atoms in total. The first-order chi connectivity index (χ1) is 7.93. The largest absolute Gasteiger partial charge is 0.478 e. The van der Waals surface area contributed by atoms with E-state index in [1.54, 1.807) is 0 Å². The monoisotopic (exact) mass is 240 g/mol. The highest BCUT2D eigenvalue weighted by atomic mass is 16.4. The average molecular weight is 240 g/mol. The third kappa shape index (κ3) is 3.32. The van der Waals surface area contributed by atoms with Crippen molar-refractivity contribution in [1.29, 1.82) is 0 Å². The summed E-state index contributed by atoms with van der Waals surface area (Å²) < 4.78 is 5.04. The van der Waals surface area contributed by atoms with Crippen molar-refractivity contribution in [3.8, 4) is 0 Å². The standard InChI is InChI=1S/C11H16N2O4/c1-6(2)9(10(12)14)13-5-8-7(11(15)16)3-4-17-8/h3-4,6,9,13H,5H2,1-2H3,(H2,12,14)(H,15,16). The normalized spacial score (nSPS) is 12.6. The molecule has 0 aromatic carbocycles. The van der Waals surface area contributed by atoms with Crippen molar-refractivity contribution in [2.45, 2.75) is 26.4 Å². The number of furan rings is 1. The first-order valence-electron chi connectivity index (χ1n) is 5.25. The second-order valence-corrected chi connectivity index (χ2v) is 4.07. The molecular weight excluding hydrogens is 224 g/mol. The van der Waals surface area contributed by atoms with E-state index in [1.165, 1.54) is 12.3 Å². The summed E-state index contributed by atoms with van der Waals surface area (Å²) >= 11 is 0. The molecule has 0 aliphatic heterocycles. The molecule has 1 rings (SSSR count). The van der Waals surface area contributed by atoms with E-state index in [2.05, 4.69) is 5.32 Å². The van der Waals surface area contributed by atoms with Crippen LogP contribution < -0.4 is 11.1 Å². The van der Waals surface area contributed by atoms with Crippen molar-refractivity contribution >= 4 is 11.9 Å². The Balaban J connectivity index is 2.69. The first kappa shape index (κ1) is 13.2. The molecule has 0 radical (unpaired) electrons. The molecule has 1 amide bonds. The van der Waals surface area contributed by atoms with Gasteiger partial charge in [0.15, 0.2) is 0 Å². The Morgan fingerprint density at radius 3 is 2.65 bits per heavy atom. The molecule has 0 saturated carbocycles. The molecule has 1 unspecified atom stereocenters. The number of primary amides is 1. The van der Waals surface area contributed by atoms with Gasteiger partial charge < -0.3 is 15.3 Å². The predicted octanol–water partition coefficient (Wildman–Crippen LogP) is 0.577. The third-order valence-electron chi connectivity index (χ3n) is 2.43. The van der Waals surface area contributed by atoms with Crippen LogP contribution in [0.25, 0.3) is 0 Å². The molecule has 1 atom stereocenters. The van der Waals surface area contributed by atoms with Crippen LogP contribution >= 0.6 is 0 Å². The zero-order valence-corrected chi connectivity index (χ0v) is 9.77. The molecule has 0 spiro atoms. The number of carbonyl (C=O) groups excluding carboxylic acids is 1. The molecule has 1 aromatic rings. The van der Waals surface area contributed by atoms with Gasteiger partial charge in [-0.1, -0.05) is 13.8 Å². The summed E-state index contributed by atoms with van der Waals surface area (Å²) in [4.78, 5) is 21.9. The fourth-order valence-corrected chi connectivity index (χ4v) is 1.54. The Morgan fingerprint density at radius 1 is 1.53 bits per heavy atom. The number of carboxylic acid groups (broad SMARTS) is 1. The quantitative estimate of drug-likeness (QED) is 0.674. The van der Waals surface area contributed by atoms with Crippen LogP contribution in [-0.4, -0.2) is 23.0 Å². The molecule has 0 fully saturated rings. The number of nitrogens with one attached hydrogen (secondary N) is 1. The van der Waals surface area contributed by atoms with Gasteiger partial charge in [-0.05, 0) is 12.0 Å². The van der Waals surface area contributed by atoms with Crippen LogP contribution in [0.2, 0.25) is 0 Å². The number of rotatable bonds is 6. The second kappa shape index (κ2) is 5.49. The SMILES string of the molecule is CC(C)C(NCc1occc1C(=O)O)C(N)=O. The number of nitrogens with two attached hydrogens (primary N) is 1. The zero-order valence-electron chi connectivity index (χ0n) is 9.77. The lowest BCUT2D eigenvalue weighted by molar-refractivity contribution is -0.121. The Morgan fingerprint density at radius 2 is 2.18 bits per heavy atom. The Kier molecular flexibility index (Phi) is 4.28. The minimum absolute atomic E-state index is 0.0238. The second-order valence-electron chi connectivity index (χ2n) is 4.07. The highest BCUT2D eigenvalue weighted by Gasteiger charge is 2.20. The summed E-state index contributed by atoms with van der Waals surface area (Å²) in [5.74, 6) is -1.22. The molecule has 1 aromatic heterocycles. The number of carbonyl (C=O) groups is 2. The van der Waals surface area contributed by atoms with Crippen LogP contribution in [0.3, 0.4) is 0 Å². The summed E-state index contributed by atoms with van der Waals surface area (Å²) in [7, 11) is 0. The lowest BCUT2D eigenvalue weighted by atomic mass is 10.0. The molecule has 0 bridgehead atoms. The predicted molar refractivity (Wildman–Crippen MR) is 60.3 cm³/mol. The van der Waals surface area contributed by atoms with Gasteiger partial charge in [0.25, 0.3) is 0 Å². The van der Waals surface area contributed by atoms with Crippen LogP contribution in [0.5, 0.6) is 0 Å². The molecule has 94 valence electrons. The highest BCUT2D eigenvalue weighted by molar-refractivity contribution is 5.88. The molecule has 17 heavy (non-hydrogen) atoms. The van der Waals surface area contributed by atoms with Gasteiger partial charge in [0.2, 0.25) is 5.91 Å². The van der Waals surface area contributed by atoms with Crippen molar-refractivity contribution in [3.05, 3.63) is 23.7 Å². The molecule has 6 heteroatoms. The smallest absolute Gasteiger partial charge is 0.339 e. The Hall–Kier alpha value is -1.82. The number of carboxylic acids is 1. The molecule has 0 aliphatic rings. The number of amides is 1. The van der Waals surface area contributed by atoms with E-state index in [9.17, 15) is 9.59 Å². The Labute approximate surface area is 98.8 Å². The van der Waals surface area contributed by atoms with Crippen molar-refractivity contribution in [2.24, 2.45) is 11.7 Å². The first-order valence-corrected chi connectivity index (χ1v) is 5.25. The van der Waals surface area contributed by atoms with Crippen molar-refractivity contribution < 1.29 is 19.1 Å². The van der Waals surface area contributed by atoms with Gasteiger partial charge in [0.1, 0.15) is 11.3 Å². The van der Waals surface area contributed by atoms with E-state index in [0.29, 0.717) is 0 Å². The van der Waals surface area contributed by atoms with Gasteiger partial charge in [0, 0.05) is 0 Å². The van der Waals surface area contributed by atoms with Crippen molar-refractivity contribution in [1.82, 2.24) is 5.32 Å². The minimum atomic E-state index is -1.06. The van der Waals surface area contributed by atoms with Crippen LogP contribution in [-0.2, 0) is 11.3 Å². The van der Waals surface area contributed by atoms with Gasteiger partial charge in [-0.15, -0.1) is 0 Å². The summed E-state index contributed by atoms with van der Waals surface area (Å²) in [5.41, 5.74) is 5.31. The lowest BCUT2D eigenvalue weighted by Gasteiger charge is -2.18. The van der Waals surface area contributed by atoms with Gasteiger partial charge in [-0.3, -0.25) is 10.1 Å². The maximum Gasteiger partial charge on any atom is 0.339 e. The molecule has 4 N–H and O–H groups in total. The van der Waals surface area contributed by atoms with Gasteiger partial charge in [0.05, 0.1) is 18.8 Å². The van der Waals surface area contributed by atoms with Crippen molar-refractivity contribution in [3.63, 3.8) is 0 Å². The maximum atomic E-state index is 11.1. The summed E-state index contributed by atoms with van der Waals surface area (Å²) in [6.07, 6.45) is 1.30. The minimum Gasteiger partial charge on any atom is -0.478 e. The highest BCUT2D eigenvalue weighted by Crippen LogP contribution is 2.11. The maximum absolute atomic E-state index is 11.1. The topological polar surface area (TPSA) is 106 Å². The number of hydrogen-bond donors (Lipinski definition) is 3. The fraction of sp³-hybridized carbons (Fsp3) is 0.455. The number of aromatic carboxylic acids is 1. The summed E-state index contributed by atoms with van der Waals surface area (Å²) in [5, 5.41) is 11.7.